The van der Waals surface area contributed by atoms with Gasteiger partial charge in [-0.3, -0.25) is 9.59 Å². The second kappa shape index (κ2) is 6.26. The number of carboxylic acids is 1. The number of nitrogens with zero attached hydrogens (tertiary/aromatic N) is 1. The van der Waals surface area contributed by atoms with E-state index in [0.717, 1.165) is 31.5 Å². The number of hydrogen-bond donors (Lipinski definition) is 2. The first-order chi connectivity index (χ1) is 9.50. The lowest BCUT2D eigenvalue weighted by Crippen LogP contribution is -2.42. The molecule has 0 saturated carbocycles. The lowest BCUT2D eigenvalue weighted by molar-refractivity contribution is -0.137. The molecule has 5 nitrogen and oxygen atoms in total. The van der Waals surface area contributed by atoms with Crippen LogP contribution in [0.15, 0.2) is 22.7 Å². The highest BCUT2D eigenvalue weighted by molar-refractivity contribution is 9.10. The maximum absolute atomic E-state index is 11.7. The van der Waals surface area contributed by atoms with Gasteiger partial charge in [0.2, 0.25) is 0 Å². The minimum Gasteiger partial charge on any atom is -0.481 e. The molecule has 1 atom stereocenters. The van der Waals surface area contributed by atoms with Gasteiger partial charge in [-0.05, 0) is 47.3 Å². The van der Waals surface area contributed by atoms with Crippen LogP contribution in [0.5, 0.6) is 0 Å². The number of halogens is 1. The van der Waals surface area contributed by atoms with Crippen molar-refractivity contribution in [2.75, 3.05) is 11.4 Å². The number of carboxylic acid groups (broad SMARTS) is 1. The van der Waals surface area contributed by atoms with Crippen LogP contribution in [0.25, 0.3) is 0 Å². The van der Waals surface area contributed by atoms with Gasteiger partial charge in [0.1, 0.15) is 0 Å². The predicted molar refractivity (Wildman–Crippen MR) is 79.9 cm³/mol. The molecule has 3 N–H and O–H groups in total. The van der Waals surface area contributed by atoms with E-state index in [4.69, 9.17) is 10.8 Å². The summed E-state index contributed by atoms with van der Waals surface area (Å²) in [6.07, 6.45) is 2.89. The number of amides is 1. The van der Waals surface area contributed by atoms with Gasteiger partial charge in [-0.25, -0.2) is 0 Å². The van der Waals surface area contributed by atoms with E-state index >= 15 is 0 Å². The molecule has 1 heterocycles. The van der Waals surface area contributed by atoms with Crippen LogP contribution in [0.3, 0.4) is 0 Å². The lowest BCUT2D eigenvalue weighted by Gasteiger charge is -2.37. The summed E-state index contributed by atoms with van der Waals surface area (Å²) in [7, 11) is 0. The standard InChI is InChI=1S/C14H17BrN2O3/c15-10-5-3-6-11(13(10)14(16)20)17-7-2-1-4-9(17)8-12(18)19/h3,5-6,9H,1-2,4,7-8H2,(H2,16,20)(H,18,19). The normalized spacial score (nSPS) is 18.9. The summed E-state index contributed by atoms with van der Waals surface area (Å²) in [5.74, 6) is -1.33. The van der Waals surface area contributed by atoms with Crippen LogP contribution in [0.2, 0.25) is 0 Å². The smallest absolute Gasteiger partial charge is 0.305 e. The maximum atomic E-state index is 11.7. The zero-order valence-corrected chi connectivity index (χ0v) is 12.6. The first-order valence-corrected chi connectivity index (χ1v) is 7.36. The summed E-state index contributed by atoms with van der Waals surface area (Å²) in [6.45, 7) is 0.745. The molecule has 1 unspecified atom stereocenters. The molecular weight excluding hydrogens is 324 g/mol. The summed E-state index contributed by atoms with van der Waals surface area (Å²) >= 11 is 3.34. The van der Waals surface area contributed by atoms with Crippen LogP contribution in [0, 0.1) is 0 Å². The molecule has 1 saturated heterocycles. The van der Waals surface area contributed by atoms with Crippen LogP contribution in [-0.4, -0.2) is 29.6 Å². The molecule has 0 radical (unpaired) electrons. The zero-order valence-electron chi connectivity index (χ0n) is 11.0. The number of rotatable bonds is 4. The van der Waals surface area contributed by atoms with Gasteiger partial charge in [-0.2, -0.15) is 0 Å². The fraction of sp³-hybridized carbons (Fsp3) is 0.429. The molecule has 1 aliphatic heterocycles. The van der Waals surface area contributed by atoms with E-state index in [1.807, 2.05) is 17.0 Å². The minimum absolute atomic E-state index is 0.0741. The number of hydrogen-bond acceptors (Lipinski definition) is 3. The quantitative estimate of drug-likeness (QED) is 0.881. The van der Waals surface area contributed by atoms with E-state index in [9.17, 15) is 9.59 Å². The number of piperidine rings is 1. The van der Waals surface area contributed by atoms with Gasteiger partial charge in [0.25, 0.3) is 5.91 Å². The summed E-state index contributed by atoms with van der Waals surface area (Å²) in [4.78, 5) is 24.7. The molecule has 0 bridgehead atoms. The number of carbonyl (C=O) groups excluding carboxylic acids is 1. The van der Waals surface area contributed by atoms with Crippen molar-refractivity contribution in [1.29, 1.82) is 0 Å². The van der Waals surface area contributed by atoms with Crippen LogP contribution in [-0.2, 0) is 4.79 Å². The second-order valence-electron chi connectivity index (χ2n) is 4.94. The van der Waals surface area contributed by atoms with Crippen molar-refractivity contribution in [3.8, 4) is 0 Å². The van der Waals surface area contributed by atoms with Gasteiger partial charge < -0.3 is 15.7 Å². The Kier molecular flexibility index (Phi) is 4.65. The Morgan fingerprint density at radius 3 is 2.80 bits per heavy atom. The number of benzene rings is 1. The van der Waals surface area contributed by atoms with E-state index in [1.54, 1.807) is 6.07 Å². The number of nitrogens with two attached hydrogens (primary N) is 1. The Morgan fingerprint density at radius 2 is 2.15 bits per heavy atom. The Labute approximate surface area is 125 Å². The molecule has 1 aromatic carbocycles. The van der Waals surface area contributed by atoms with Crippen LogP contribution >= 0.6 is 15.9 Å². The Morgan fingerprint density at radius 1 is 1.40 bits per heavy atom. The van der Waals surface area contributed by atoms with E-state index in [1.165, 1.54) is 0 Å². The summed E-state index contributed by atoms with van der Waals surface area (Å²) in [5.41, 5.74) is 6.60. The van der Waals surface area contributed by atoms with Gasteiger partial charge >= 0.3 is 5.97 Å². The van der Waals surface area contributed by atoms with Crippen LogP contribution < -0.4 is 10.6 Å². The molecule has 1 aliphatic rings. The van der Waals surface area contributed by atoms with Crippen molar-refractivity contribution >= 4 is 33.5 Å². The third-order valence-electron chi connectivity index (χ3n) is 3.58. The summed E-state index contributed by atoms with van der Waals surface area (Å²) in [6, 6.07) is 5.33. The average Bonchev–Trinajstić information content (AvgIpc) is 2.38. The molecule has 2 rings (SSSR count). The van der Waals surface area contributed by atoms with Crippen molar-refractivity contribution < 1.29 is 14.7 Å². The fourth-order valence-corrected chi connectivity index (χ4v) is 3.28. The van der Waals surface area contributed by atoms with Crippen LogP contribution in [0.4, 0.5) is 5.69 Å². The monoisotopic (exact) mass is 340 g/mol. The molecule has 0 spiro atoms. The van der Waals surface area contributed by atoms with Crippen LogP contribution in [0.1, 0.15) is 36.0 Å². The SMILES string of the molecule is NC(=O)c1c(Br)cccc1N1CCCCC1CC(=O)O. The number of anilines is 1. The lowest BCUT2D eigenvalue weighted by atomic mass is 9.97. The third kappa shape index (κ3) is 3.12. The van der Waals surface area contributed by atoms with Crippen molar-refractivity contribution in [2.24, 2.45) is 5.73 Å². The molecular formula is C14H17BrN2O3. The van der Waals surface area contributed by atoms with Gasteiger partial charge in [-0.15, -0.1) is 0 Å². The van der Waals surface area contributed by atoms with E-state index in [-0.39, 0.29) is 12.5 Å². The highest BCUT2D eigenvalue weighted by atomic mass is 79.9. The zero-order chi connectivity index (χ0) is 14.7. The van der Waals surface area contributed by atoms with Gasteiger partial charge in [0.05, 0.1) is 17.7 Å². The first kappa shape index (κ1) is 14.8. The Balaban J connectivity index is 2.39. The molecule has 0 aliphatic carbocycles. The highest BCUT2D eigenvalue weighted by Gasteiger charge is 2.28. The van der Waals surface area contributed by atoms with Crippen molar-refractivity contribution in [3.63, 3.8) is 0 Å². The summed E-state index contributed by atoms with van der Waals surface area (Å²) in [5, 5.41) is 9.04. The largest absolute Gasteiger partial charge is 0.481 e. The highest BCUT2D eigenvalue weighted by Crippen LogP contribution is 2.32. The number of carbonyl (C=O) groups is 2. The Bertz CT molecular complexity index is 533. The first-order valence-electron chi connectivity index (χ1n) is 6.57. The van der Waals surface area contributed by atoms with Gasteiger partial charge in [-0.1, -0.05) is 6.07 Å². The van der Waals surface area contributed by atoms with Gasteiger partial charge in [0.15, 0.2) is 0 Å². The molecule has 6 heteroatoms. The van der Waals surface area contributed by atoms with Crippen molar-refractivity contribution in [2.45, 2.75) is 31.7 Å². The fourth-order valence-electron chi connectivity index (χ4n) is 2.73. The minimum atomic E-state index is -0.822. The molecule has 1 aromatic rings. The molecule has 108 valence electrons. The topological polar surface area (TPSA) is 83.6 Å². The average molecular weight is 341 g/mol. The van der Waals surface area contributed by atoms with Crippen molar-refractivity contribution in [1.82, 2.24) is 0 Å². The molecule has 20 heavy (non-hydrogen) atoms. The molecule has 1 amide bonds. The maximum Gasteiger partial charge on any atom is 0.305 e. The van der Waals surface area contributed by atoms with E-state index < -0.39 is 11.9 Å². The Hall–Kier alpha value is -1.56. The number of primary amides is 1. The summed E-state index contributed by atoms with van der Waals surface area (Å²) < 4.78 is 0.641. The molecule has 0 aromatic heterocycles. The number of aliphatic carboxylic acids is 1. The van der Waals surface area contributed by atoms with Crippen molar-refractivity contribution in [3.05, 3.63) is 28.2 Å². The molecule has 1 fully saturated rings. The van der Waals surface area contributed by atoms with E-state index in [0.29, 0.717) is 10.0 Å². The van der Waals surface area contributed by atoms with E-state index in [2.05, 4.69) is 15.9 Å². The van der Waals surface area contributed by atoms with Gasteiger partial charge in [0, 0.05) is 17.1 Å². The second-order valence-corrected chi connectivity index (χ2v) is 5.79. The third-order valence-corrected chi connectivity index (χ3v) is 4.25. The predicted octanol–water partition coefficient (Wildman–Crippen LogP) is 2.38.